The van der Waals surface area contributed by atoms with E-state index in [9.17, 15) is 14.4 Å². The molecule has 1 aromatic carbocycles. The van der Waals surface area contributed by atoms with Crippen LogP contribution in [0.3, 0.4) is 0 Å². The van der Waals surface area contributed by atoms with Gasteiger partial charge in [0.2, 0.25) is 11.6 Å². The lowest BCUT2D eigenvalue weighted by molar-refractivity contribution is -0.117. The lowest BCUT2D eigenvalue weighted by atomic mass is 10.0. The van der Waals surface area contributed by atoms with Gasteiger partial charge in [0.1, 0.15) is 17.1 Å². The highest BCUT2D eigenvalue weighted by atomic mass is 16.3. The average Bonchev–Trinajstić information content (AvgIpc) is 3.50. The molecule has 4 aliphatic rings. The lowest BCUT2D eigenvalue weighted by Crippen LogP contribution is -2.29. The van der Waals surface area contributed by atoms with Crippen molar-refractivity contribution in [2.45, 2.75) is 0 Å². The molecular formula is C19H22N4O4. The molecule has 0 radical (unpaired) electrons. The summed E-state index contributed by atoms with van der Waals surface area (Å²) in [5.74, 6) is 0.0832. The molecule has 0 spiro atoms. The number of phenols is 1. The molecule has 5 rings (SSSR count). The number of ketones is 2. The van der Waals surface area contributed by atoms with Crippen LogP contribution in [0.5, 0.6) is 5.75 Å². The van der Waals surface area contributed by atoms with Gasteiger partial charge < -0.3 is 26.0 Å². The Kier molecular flexibility index (Phi) is 5.00. The number of benzene rings is 1. The minimum absolute atomic E-state index is 0. The number of Topliss-reactive ketones (excluding diaryl/α,β-unsaturated/α-hetero) is 1. The maximum absolute atomic E-state index is 12.4. The zero-order valence-electron chi connectivity index (χ0n) is 14.9. The van der Waals surface area contributed by atoms with Crippen LogP contribution in [0.2, 0.25) is 0 Å². The van der Waals surface area contributed by atoms with E-state index in [2.05, 4.69) is 0 Å². The predicted octanol–water partition coefficient (Wildman–Crippen LogP) is 0.547. The molecule has 142 valence electrons. The summed E-state index contributed by atoms with van der Waals surface area (Å²) in [4.78, 5) is 40.5. The van der Waals surface area contributed by atoms with E-state index in [-0.39, 0.29) is 23.5 Å². The number of allylic oxidation sites excluding steroid dienone is 1. The summed E-state index contributed by atoms with van der Waals surface area (Å²) in [6, 6.07) is 6.40. The quantitative estimate of drug-likeness (QED) is 0.448. The molecule has 3 heterocycles. The number of hydrogen-bond acceptors (Lipinski definition) is 8. The predicted molar refractivity (Wildman–Crippen MR) is 98.4 cm³/mol. The second-order valence-corrected chi connectivity index (χ2v) is 6.56. The van der Waals surface area contributed by atoms with Crippen LogP contribution in [-0.4, -0.2) is 76.9 Å². The Morgan fingerprint density at radius 1 is 0.852 bits per heavy atom. The number of aldehydes is 1. The smallest absolute Gasteiger partial charge is 0.227 e. The summed E-state index contributed by atoms with van der Waals surface area (Å²) in [6.07, 6.45) is 2.14. The SMILES string of the molecule is N.O=C1C=C(N2CC2)C(=O)C(N2CC2)=C1N1CC1.O=Cc1ccccc1O. The fourth-order valence-corrected chi connectivity index (χ4v) is 2.86. The van der Waals surface area contributed by atoms with Gasteiger partial charge in [-0.15, -0.1) is 0 Å². The number of carbonyl (C=O) groups is 3. The molecule has 1 aromatic rings. The van der Waals surface area contributed by atoms with Gasteiger partial charge in [0, 0.05) is 45.3 Å². The van der Waals surface area contributed by atoms with Gasteiger partial charge in [-0.2, -0.15) is 0 Å². The Morgan fingerprint density at radius 3 is 1.89 bits per heavy atom. The van der Waals surface area contributed by atoms with Crippen LogP contribution in [0, 0.1) is 0 Å². The summed E-state index contributed by atoms with van der Waals surface area (Å²) in [5.41, 5.74) is 2.22. The first-order valence-electron chi connectivity index (χ1n) is 8.63. The van der Waals surface area contributed by atoms with Gasteiger partial charge in [-0.05, 0) is 12.1 Å². The summed E-state index contributed by atoms with van der Waals surface area (Å²) in [7, 11) is 0. The molecule has 4 N–H and O–H groups in total. The van der Waals surface area contributed by atoms with Crippen LogP contribution in [0.25, 0.3) is 0 Å². The van der Waals surface area contributed by atoms with Crippen LogP contribution >= 0.6 is 0 Å². The monoisotopic (exact) mass is 370 g/mol. The fraction of sp³-hybridized carbons (Fsp3) is 0.316. The van der Waals surface area contributed by atoms with E-state index >= 15 is 0 Å². The first kappa shape index (κ1) is 18.7. The molecule has 0 aromatic heterocycles. The fourth-order valence-electron chi connectivity index (χ4n) is 2.86. The Labute approximate surface area is 156 Å². The largest absolute Gasteiger partial charge is 0.507 e. The van der Waals surface area contributed by atoms with Crippen LogP contribution in [0.1, 0.15) is 10.4 Å². The van der Waals surface area contributed by atoms with Gasteiger partial charge in [-0.1, -0.05) is 12.1 Å². The normalized spacial score (nSPS) is 19.7. The summed E-state index contributed by atoms with van der Waals surface area (Å²) < 4.78 is 0. The summed E-state index contributed by atoms with van der Waals surface area (Å²) in [6.45, 7) is 5.41. The average molecular weight is 370 g/mol. The molecule has 0 amide bonds. The van der Waals surface area contributed by atoms with Crippen molar-refractivity contribution >= 4 is 17.9 Å². The molecule has 27 heavy (non-hydrogen) atoms. The third-order valence-corrected chi connectivity index (χ3v) is 4.55. The maximum Gasteiger partial charge on any atom is 0.227 e. The zero-order chi connectivity index (χ0) is 18.3. The number of carbonyl (C=O) groups excluding carboxylic acids is 3. The molecular weight excluding hydrogens is 348 g/mol. The first-order chi connectivity index (χ1) is 12.6. The second kappa shape index (κ2) is 7.24. The van der Waals surface area contributed by atoms with Crippen LogP contribution in [-0.2, 0) is 9.59 Å². The van der Waals surface area contributed by atoms with Gasteiger partial charge in [-0.25, -0.2) is 0 Å². The van der Waals surface area contributed by atoms with E-state index in [1.54, 1.807) is 18.2 Å². The molecule has 0 atom stereocenters. The minimum atomic E-state index is 0. The van der Waals surface area contributed by atoms with Gasteiger partial charge >= 0.3 is 0 Å². The molecule has 3 saturated heterocycles. The molecule has 8 nitrogen and oxygen atoms in total. The molecule has 1 aliphatic carbocycles. The highest BCUT2D eigenvalue weighted by Gasteiger charge is 2.43. The second-order valence-electron chi connectivity index (χ2n) is 6.56. The van der Waals surface area contributed by atoms with Crippen LogP contribution in [0.15, 0.2) is 47.4 Å². The van der Waals surface area contributed by atoms with E-state index in [1.807, 2.05) is 14.7 Å². The van der Waals surface area contributed by atoms with Crippen LogP contribution < -0.4 is 6.15 Å². The van der Waals surface area contributed by atoms with Gasteiger partial charge in [-0.3, -0.25) is 14.4 Å². The number of aromatic hydroxyl groups is 1. The molecule has 3 fully saturated rings. The van der Waals surface area contributed by atoms with Gasteiger partial charge in [0.15, 0.2) is 6.29 Å². The third-order valence-electron chi connectivity index (χ3n) is 4.55. The topological polar surface area (TPSA) is 115 Å². The van der Waals surface area contributed by atoms with Gasteiger partial charge in [0.25, 0.3) is 0 Å². The first-order valence-corrected chi connectivity index (χ1v) is 8.63. The number of nitrogens with zero attached hydrogens (tertiary/aromatic N) is 3. The minimum Gasteiger partial charge on any atom is -0.507 e. The van der Waals surface area contributed by atoms with Crippen molar-refractivity contribution in [1.82, 2.24) is 20.9 Å². The van der Waals surface area contributed by atoms with Crippen molar-refractivity contribution in [3.8, 4) is 5.75 Å². The third kappa shape index (κ3) is 3.85. The van der Waals surface area contributed by atoms with Crippen LogP contribution in [0.4, 0.5) is 0 Å². The van der Waals surface area contributed by atoms with Crippen molar-refractivity contribution in [2.75, 3.05) is 39.3 Å². The zero-order valence-corrected chi connectivity index (χ0v) is 14.9. The molecule has 3 aliphatic heterocycles. The molecule has 8 heteroatoms. The highest BCUT2D eigenvalue weighted by Crippen LogP contribution is 2.33. The van der Waals surface area contributed by atoms with E-state index < -0.39 is 0 Å². The number of hydrogen-bond donors (Lipinski definition) is 2. The number of para-hydroxylation sites is 1. The van der Waals surface area contributed by atoms with Crippen molar-refractivity contribution in [2.24, 2.45) is 0 Å². The van der Waals surface area contributed by atoms with Crippen molar-refractivity contribution in [3.63, 3.8) is 0 Å². The van der Waals surface area contributed by atoms with E-state index in [4.69, 9.17) is 5.11 Å². The molecule has 0 saturated carbocycles. The van der Waals surface area contributed by atoms with Crippen molar-refractivity contribution in [1.29, 1.82) is 0 Å². The Bertz CT molecular complexity index is 849. The Hall–Kier alpha value is -3.13. The standard InChI is InChI=1S/C12H13N3O2.C7H6O2.H3N/c16-9-7-8(13-1-2-13)12(17)11(15-5-6-15)10(9)14-3-4-14;8-5-6-3-1-2-4-7(6)9;/h7H,1-6H2;1-5,9H;1H3. The van der Waals surface area contributed by atoms with Gasteiger partial charge in [0.05, 0.1) is 11.3 Å². The van der Waals surface area contributed by atoms with E-state index in [0.717, 1.165) is 39.3 Å². The maximum atomic E-state index is 12.4. The summed E-state index contributed by atoms with van der Waals surface area (Å²) >= 11 is 0. The number of phenolic OH excluding ortho intramolecular Hbond substituents is 1. The van der Waals surface area contributed by atoms with Crippen molar-refractivity contribution in [3.05, 3.63) is 53.0 Å². The lowest BCUT2D eigenvalue weighted by Gasteiger charge is -2.21. The Balaban J connectivity index is 0.000000181. The highest BCUT2D eigenvalue weighted by molar-refractivity contribution is 6.22. The van der Waals surface area contributed by atoms with E-state index in [0.29, 0.717) is 28.9 Å². The van der Waals surface area contributed by atoms with Crippen molar-refractivity contribution < 1.29 is 19.5 Å². The molecule has 0 bridgehead atoms. The molecule has 0 unspecified atom stereocenters. The van der Waals surface area contributed by atoms with E-state index in [1.165, 1.54) is 12.1 Å². The summed E-state index contributed by atoms with van der Waals surface area (Å²) in [5, 5.41) is 8.88. The Morgan fingerprint density at radius 2 is 1.41 bits per heavy atom. The number of rotatable bonds is 4.